The monoisotopic (exact) mass is 343 g/mol. The van der Waals surface area contributed by atoms with Gasteiger partial charge in [0.1, 0.15) is 0 Å². The SMILES string of the molecule is NC(=O)CCCNC(=O)Nc1c(Br)cccc1C(=O)O. The fraction of sp³-hybridized carbons (Fsp3) is 0.250. The summed E-state index contributed by atoms with van der Waals surface area (Å²) >= 11 is 3.18. The van der Waals surface area contributed by atoms with Crippen molar-refractivity contribution in [3.05, 3.63) is 28.2 Å². The number of carbonyl (C=O) groups excluding carboxylic acids is 2. The van der Waals surface area contributed by atoms with Gasteiger partial charge in [-0.1, -0.05) is 6.07 Å². The summed E-state index contributed by atoms with van der Waals surface area (Å²) in [6.45, 7) is 0.266. The van der Waals surface area contributed by atoms with Crippen molar-refractivity contribution in [2.24, 2.45) is 5.73 Å². The minimum Gasteiger partial charge on any atom is -0.478 e. The summed E-state index contributed by atoms with van der Waals surface area (Å²) in [5.74, 6) is -1.58. The summed E-state index contributed by atoms with van der Waals surface area (Å²) < 4.78 is 0.463. The highest BCUT2D eigenvalue weighted by Crippen LogP contribution is 2.26. The number of carboxylic acid groups (broad SMARTS) is 1. The first-order chi connectivity index (χ1) is 9.41. The number of amides is 3. The van der Waals surface area contributed by atoms with Gasteiger partial charge < -0.3 is 21.5 Å². The number of aromatic carboxylic acids is 1. The van der Waals surface area contributed by atoms with E-state index in [0.29, 0.717) is 10.9 Å². The first-order valence-corrected chi connectivity index (χ1v) is 6.56. The second-order valence-corrected chi connectivity index (χ2v) is 4.77. The Morgan fingerprint density at radius 2 is 2.00 bits per heavy atom. The van der Waals surface area contributed by atoms with E-state index >= 15 is 0 Å². The highest BCUT2D eigenvalue weighted by atomic mass is 79.9. The predicted octanol–water partition coefficient (Wildman–Crippen LogP) is 1.53. The van der Waals surface area contributed by atoms with Gasteiger partial charge >= 0.3 is 12.0 Å². The molecule has 108 valence electrons. The topological polar surface area (TPSA) is 122 Å². The van der Waals surface area contributed by atoms with Crippen molar-refractivity contribution in [1.29, 1.82) is 0 Å². The van der Waals surface area contributed by atoms with Crippen molar-refractivity contribution >= 4 is 39.5 Å². The number of rotatable bonds is 6. The zero-order valence-corrected chi connectivity index (χ0v) is 12.1. The third-order valence-corrected chi connectivity index (χ3v) is 3.03. The number of carbonyl (C=O) groups is 3. The molecule has 0 aliphatic rings. The van der Waals surface area contributed by atoms with Gasteiger partial charge in [0.05, 0.1) is 11.3 Å². The number of hydrogen-bond acceptors (Lipinski definition) is 3. The summed E-state index contributed by atoms with van der Waals surface area (Å²) in [4.78, 5) is 33.2. The summed E-state index contributed by atoms with van der Waals surface area (Å²) in [6.07, 6.45) is 0.597. The van der Waals surface area contributed by atoms with E-state index in [1.54, 1.807) is 12.1 Å². The van der Waals surface area contributed by atoms with Crippen LogP contribution in [0.15, 0.2) is 22.7 Å². The molecule has 1 rings (SSSR count). The summed E-state index contributed by atoms with van der Waals surface area (Å²) in [7, 11) is 0. The fourth-order valence-corrected chi connectivity index (χ4v) is 1.92. The Kier molecular flexibility index (Phi) is 5.98. The molecule has 0 aliphatic carbocycles. The number of anilines is 1. The van der Waals surface area contributed by atoms with Gasteiger partial charge in [0, 0.05) is 17.4 Å². The maximum absolute atomic E-state index is 11.6. The number of nitrogens with one attached hydrogen (secondary N) is 2. The second kappa shape index (κ2) is 7.49. The molecular weight excluding hydrogens is 330 g/mol. The maximum Gasteiger partial charge on any atom is 0.337 e. The highest BCUT2D eigenvalue weighted by molar-refractivity contribution is 9.10. The number of para-hydroxylation sites is 1. The molecule has 0 aromatic heterocycles. The van der Waals surface area contributed by atoms with Crippen molar-refractivity contribution in [1.82, 2.24) is 5.32 Å². The number of halogens is 1. The summed E-state index contributed by atoms with van der Waals surface area (Å²) in [5.41, 5.74) is 5.12. The smallest absolute Gasteiger partial charge is 0.337 e. The lowest BCUT2D eigenvalue weighted by Gasteiger charge is -2.11. The van der Waals surface area contributed by atoms with E-state index in [1.807, 2.05) is 0 Å². The molecule has 0 aliphatic heterocycles. The van der Waals surface area contributed by atoms with Crippen LogP contribution >= 0.6 is 15.9 Å². The number of benzene rings is 1. The quantitative estimate of drug-likeness (QED) is 0.585. The van der Waals surface area contributed by atoms with E-state index < -0.39 is 17.9 Å². The maximum atomic E-state index is 11.6. The lowest BCUT2D eigenvalue weighted by Crippen LogP contribution is -2.31. The Balaban J connectivity index is 2.62. The molecule has 3 amide bonds. The average molecular weight is 344 g/mol. The molecule has 1 aromatic carbocycles. The minimum atomic E-state index is -1.14. The molecule has 0 fully saturated rings. The number of hydrogen-bond donors (Lipinski definition) is 4. The Bertz CT molecular complexity index is 533. The van der Waals surface area contributed by atoms with Crippen LogP contribution in [0.5, 0.6) is 0 Å². The van der Waals surface area contributed by atoms with Crippen molar-refractivity contribution < 1.29 is 19.5 Å². The van der Waals surface area contributed by atoms with Gasteiger partial charge in [0.15, 0.2) is 0 Å². The summed E-state index contributed by atoms with van der Waals surface area (Å²) in [6, 6.07) is 4.01. The van der Waals surface area contributed by atoms with Crippen LogP contribution in [-0.2, 0) is 4.79 Å². The zero-order valence-electron chi connectivity index (χ0n) is 10.5. The van der Waals surface area contributed by atoms with Gasteiger partial charge in [-0.2, -0.15) is 0 Å². The fourth-order valence-electron chi connectivity index (χ4n) is 1.45. The van der Waals surface area contributed by atoms with Crippen LogP contribution in [0.4, 0.5) is 10.5 Å². The summed E-state index contributed by atoms with van der Waals surface area (Å²) in [5, 5.41) is 14.0. The van der Waals surface area contributed by atoms with Crippen LogP contribution in [0.3, 0.4) is 0 Å². The molecule has 5 N–H and O–H groups in total. The zero-order chi connectivity index (χ0) is 15.1. The molecule has 0 saturated heterocycles. The minimum absolute atomic E-state index is 0.0216. The van der Waals surface area contributed by atoms with Crippen LogP contribution < -0.4 is 16.4 Å². The number of urea groups is 1. The average Bonchev–Trinajstić information content (AvgIpc) is 2.36. The molecule has 7 nitrogen and oxygen atoms in total. The number of primary amides is 1. The van der Waals surface area contributed by atoms with Crippen LogP contribution in [0, 0.1) is 0 Å². The molecule has 8 heteroatoms. The highest BCUT2D eigenvalue weighted by Gasteiger charge is 2.14. The molecule has 0 atom stereocenters. The standard InChI is InChI=1S/C12H14BrN3O4/c13-8-4-1-3-7(11(18)19)10(8)16-12(20)15-6-2-5-9(14)17/h1,3-4H,2,5-6H2,(H2,14,17)(H,18,19)(H2,15,16,20). The predicted molar refractivity (Wildman–Crippen MR) is 76.6 cm³/mol. The Morgan fingerprint density at radius 3 is 2.60 bits per heavy atom. The molecule has 0 heterocycles. The van der Waals surface area contributed by atoms with E-state index in [1.165, 1.54) is 6.07 Å². The van der Waals surface area contributed by atoms with Crippen molar-refractivity contribution in [3.63, 3.8) is 0 Å². The van der Waals surface area contributed by atoms with E-state index in [4.69, 9.17) is 10.8 Å². The molecule has 0 spiro atoms. The van der Waals surface area contributed by atoms with Gasteiger partial charge in [-0.05, 0) is 34.5 Å². The van der Waals surface area contributed by atoms with Gasteiger partial charge in [-0.3, -0.25) is 4.79 Å². The molecule has 0 radical (unpaired) electrons. The lowest BCUT2D eigenvalue weighted by atomic mass is 10.2. The second-order valence-electron chi connectivity index (χ2n) is 3.92. The third kappa shape index (κ3) is 4.88. The number of nitrogens with two attached hydrogens (primary N) is 1. The molecular formula is C12H14BrN3O4. The first kappa shape index (κ1) is 16.0. The van der Waals surface area contributed by atoms with E-state index in [-0.39, 0.29) is 24.2 Å². The Morgan fingerprint density at radius 1 is 1.30 bits per heavy atom. The normalized spacial score (nSPS) is 9.85. The van der Waals surface area contributed by atoms with Crippen molar-refractivity contribution in [2.75, 3.05) is 11.9 Å². The first-order valence-electron chi connectivity index (χ1n) is 5.76. The Hall–Kier alpha value is -2.09. The van der Waals surface area contributed by atoms with Crippen molar-refractivity contribution in [3.8, 4) is 0 Å². The molecule has 1 aromatic rings. The van der Waals surface area contributed by atoms with E-state index in [9.17, 15) is 14.4 Å². The third-order valence-electron chi connectivity index (χ3n) is 2.37. The molecule has 20 heavy (non-hydrogen) atoms. The molecule has 0 bridgehead atoms. The van der Waals surface area contributed by atoms with Gasteiger partial charge in [-0.25, -0.2) is 9.59 Å². The van der Waals surface area contributed by atoms with Gasteiger partial charge in [-0.15, -0.1) is 0 Å². The Labute approximate surface area is 123 Å². The van der Waals surface area contributed by atoms with Gasteiger partial charge in [0.2, 0.25) is 5.91 Å². The van der Waals surface area contributed by atoms with Gasteiger partial charge in [0.25, 0.3) is 0 Å². The largest absolute Gasteiger partial charge is 0.478 e. The van der Waals surface area contributed by atoms with Crippen LogP contribution in [-0.4, -0.2) is 29.6 Å². The lowest BCUT2D eigenvalue weighted by molar-refractivity contribution is -0.118. The van der Waals surface area contributed by atoms with E-state index in [2.05, 4.69) is 26.6 Å². The van der Waals surface area contributed by atoms with E-state index in [0.717, 1.165) is 0 Å². The van der Waals surface area contributed by atoms with Crippen LogP contribution in [0.2, 0.25) is 0 Å². The molecule has 0 unspecified atom stereocenters. The van der Waals surface area contributed by atoms with Crippen LogP contribution in [0.25, 0.3) is 0 Å². The van der Waals surface area contributed by atoms with Crippen LogP contribution in [0.1, 0.15) is 23.2 Å². The number of carboxylic acids is 1. The van der Waals surface area contributed by atoms with Crippen molar-refractivity contribution in [2.45, 2.75) is 12.8 Å². The molecule has 0 saturated carbocycles.